The lowest BCUT2D eigenvalue weighted by Crippen LogP contribution is -2.28. The molecule has 1 aromatic carbocycles. The SMILES string of the molecule is Cc1cc(C(=O)COC(=O)c2nn(CCO)c(=O)c3ccccc23)c(C)n1C. The minimum atomic E-state index is -0.804. The Hall–Kier alpha value is -3.26. The number of ether oxygens (including phenoxy) is 1. The summed E-state index contributed by atoms with van der Waals surface area (Å²) in [5, 5.41) is 13.8. The van der Waals surface area contributed by atoms with E-state index in [0.717, 1.165) is 16.1 Å². The molecule has 0 aliphatic rings. The Morgan fingerprint density at radius 2 is 1.86 bits per heavy atom. The van der Waals surface area contributed by atoms with E-state index in [1.54, 1.807) is 30.3 Å². The van der Waals surface area contributed by atoms with Crippen LogP contribution in [0.15, 0.2) is 35.1 Å². The van der Waals surface area contributed by atoms with Crippen molar-refractivity contribution in [2.24, 2.45) is 7.05 Å². The van der Waals surface area contributed by atoms with Crippen LogP contribution >= 0.6 is 0 Å². The average Bonchev–Trinajstić information content (AvgIpc) is 2.95. The van der Waals surface area contributed by atoms with Crippen LogP contribution in [0, 0.1) is 13.8 Å². The van der Waals surface area contributed by atoms with Crippen molar-refractivity contribution in [1.82, 2.24) is 14.3 Å². The molecule has 0 amide bonds. The van der Waals surface area contributed by atoms with Crippen LogP contribution in [0.1, 0.15) is 32.2 Å². The number of carbonyl (C=O) groups is 2. The number of esters is 1. The van der Waals surface area contributed by atoms with Crippen LogP contribution in [-0.4, -0.2) is 44.4 Å². The summed E-state index contributed by atoms with van der Waals surface area (Å²) in [5.41, 5.74) is 1.73. The number of nitrogens with zero attached hydrogens (tertiary/aromatic N) is 3. The number of benzene rings is 1. The molecule has 2 aromatic heterocycles. The lowest BCUT2D eigenvalue weighted by molar-refractivity contribution is 0.0468. The second kappa shape index (κ2) is 7.77. The minimum absolute atomic E-state index is 0.0502. The number of carbonyl (C=O) groups excluding carboxylic acids is 2. The third-order valence-electron chi connectivity index (χ3n) is 4.78. The molecule has 146 valence electrons. The molecule has 0 saturated heterocycles. The predicted octanol–water partition coefficient (Wildman–Crippen LogP) is 1.38. The highest BCUT2D eigenvalue weighted by molar-refractivity contribution is 6.04. The van der Waals surface area contributed by atoms with E-state index >= 15 is 0 Å². The third-order valence-corrected chi connectivity index (χ3v) is 4.78. The summed E-state index contributed by atoms with van der Waals surface area (Å²) in [6.07, 6.45) is 0. The topological polar surface area (TPSA) is 103 Å². The number of fused-ring (bicyclic) bond motifs is 1. The van der Waals surface area contributed by atoms with Gasteiger partial charge in [-0.15, -0.1) is 0 Å². The maximum absolute atomic E-state index is 12.6. The van der Waals surface area contributed by atoms with Crippen molar-refractivity contribution in [3.05, 3.63) is 63.3 Å². The maximum Gasteiger partial charge on any atom is 0.359 e. The average molecular weight is 383 g/mol. The summed E-state index contributed by atoms with van der Waals surface area (Å²) in [6.45, 7) is 2.92. The number of hydrogen-bond donors (Lipinski definition) is 1. The van der Waals surface area contributed by atoms with Crippen LogP contribution in [0.4, 0.5) is 0 Å². The zero-order valence-electron chi connectivity index (χ0n) is 15.9. The van der Waals surface area contributed by atoms with Gasteiger partial charge in [0.25, 0.3) is 5.56 Å². The lowest BCUT2D eigenvalue weighted by atomic mass is 10.1. The van der Waals surface area contributed by atoms with Crippen molar-refractivity contribution in [2.45, 2.75) is 20.4 Å². The lowest BCUT2D eigenvalue weighted by Gasteiger charge is -2.10. The predicted molar refractivity (Wildman–Crippen MR) is 103 cm³/mol. The molecule has 0 aliphatic heterocycles. The fourth-order valence-electron chi connectivity index (χ4n) is 3.05. The Balaban J connectivity index is 1.89. The number of rotatable bonds is 6. The summed E-state index contributed by atoms with van der Waals surface area (Å²) >= 11 is 0. The van der Waals surface area contributed by atoms with E-state index in [-0.39, 0.29) is 24.6 Å². The van der Waals surface area contributed by atoms with Gasteiger partial charge < -0.3 is 14.4 Å². The van der Waals surface area contributed by atoms with Crippen LogP contribution in [-0.2, 0) is 18.3 Å². The molecule has 0 saturated carbocycles. The first-order valence-electron chi connectivity index (χ1n) is 8.79. The number of aliphatic hydroxyl groups is 1. The molecule has 0 fully saturated rings. The van der Waals surface area contributed by atoms with Crippen molar-refractivity contribution in [3.8, 4) is 0 Å². The molecule has 0 atom stereocenters. The molecule has 0 unspecified atom stereocenters. The van der Waals surface area contributed by atoms with Gasteiger partial charge in [-0.1, -0.05) is 18.2 Å². The zero-order valence-corrected chi connectivity index (χ0v) is 15.9. The summed E-state index contributed by atoms with van der Waals surface area (Å²) in [7, 11) is 1.86. The highest BCUT2D eigenvalue weighted by atomic mass is 16.5. The van der Waals surface area contributed by atoms with Gasteiger partial charge in [0.15, 0.2) is 12.3 Å². The fourth-order valence-corrected chi connectivity index (χ4v) is 3.05. The quantitative estimate of drug-likeness (QED) is 0.510. The number of aryl methyl sites for hydroxylation is 1. The molecule has 2 heterocycles. The van der Waals surface area contributed by atoms with Gasteiger partial charge >= 0.3 is 5.97 Å². The standard InChI is InChI=1S/C20H21N3O5/c1-12-10-16(13(2)22(12)3)17(25)11-28-20(27)18-14-6-4-5-7-15(14)19(26)23(21-18)8-9-24/h4-7,10,24H,8-9,11H2,1-3H3. The van der Waals surface area contributed by atoms with E-state index in [1.807, 2.05) is 25.5 Å². The summed E-state index contributed by atoms with van der Waals surface area (Å²) in [6, 6.07) is 8.27. The first kappa shape index (κ1) is 19.5. The van der Waals surface area contributed by atoms with E-state index < -0.39 is 18.1 Å². The fraction of sp³-hybridized carbons (Fsp3) is 0.300. The summed E-state index contributed by atoms with van der Waals surface area (Å²) in [5.74, 6) is -1.12. The zero-order chi connectivity index (χ0) is 20.4. The molecule has 8 nitrogen and oxygen atoms in total. The number of aliphatic hydroxyl groups excluding tert-OH is 1. The summed E-state index contributed by atoms with van der Waals surface area (Å²) in [4.78, 5) is 37.5. The van der Waals surface area contributed by atoms with Gasteiger partial charge in [0, 0.05) is 29.4 Å². The molecule has 1 N–H and O–H groups in total. The highest BCUT2D eigenvalue weighted by Crippen LogP contribution is 2.16. The van der Waals surface area contributed by atoms with Gasteiger partial charge in [-0.3, -0.25) is 9.59 Å². The molecule has 0 aliphatic carbocycles. The van der Waals surface area contributed by atoms with E-state index in [1.165, 1.54) is 0 Å². The molecular weight excluding hydrogens is 362 g/mol. The Labute approximate surface area is 161 Å². The van der Waals surface area contributed by atoms with Crippen molar-refractivity contribution in [3.63, 3.8) is 0 Å². The van der Waals surface area contributed by atoms with Crippen LogP contribution in [0.2, 0.25) is 0 Å². The Kier molecular flexibility index (Phi) is 5.41. The van der Waals surface area contributed by atoms with E-state index in [0.29, 0.717) is 16.3 Å². The second-order valence-electron chi connectivity index (χ2n) is 6.49. The van der Waals surface area contributed by atoms with E-state index in [9.17, 15) is 14.4 Å². The molecule has 28 heavy (non-hydrogen) atoms. The smallest absolute Gasteiger partial charge is 0.359 e. The minimum Gasteiger partial charge on any atom is -0.452 e. The highest BCUT2D eigenvalue weighted by Gasteiger charge is 2.20. The third kappa shape index (κ3) is 3.46. The van der Waals surface area contributed by atoms with E-state index in [2.05, 4.69) is 5.10 Å². The van der Waals surface area contributed by atoms with Crippen molar-refractivity contribution in [2.75, 3.05) is 13.2 Å². The van der Waals surface area contributed by atoms with Gasteiger partial charge in [0.2, 0.25) is 5.78 Å². The molecule has 8 heteroatoms. The molecule has 3 aromatic rings. The van der Waals surface area contributed by atoms with Gasteiger partial charge in [-0.25, -0.2) is 9.48 Å². The van der Waals surface area contributed by atoms with Crippen molar-refractivity contribution < 1.29 is 19.4 Å². The second-order valence-corrected chi connectivity index (χ2v) is 6.49. The van der Waals surface area contributed by atoms with Gasteiger partial charge in [-0.2, -0.15) is 5.10 Å². The number of ketones is 1. The summed E-state index contributed by atoms with van der Waals surface area (Å²) < 4.78 is 8.09. The normalized spacial score (nSPS) is 11.0. The van der Waals surface area contributed by atoms with Crippen LogP contribution < -0.4 is 5.56 Å². The maximum atomic E-state index is 12.6. The van der Waals surface area contributed by atoms with E-state index in [4.69, 9.17) is 9.84 Å². The molecule has 3 rings (SSSR count). The number of Topliss-reactive ketones (excluding diaryl/α,β-unsaturated/α-hetero) is 1. The van der Waals surface area contributed by atoms with Gasteiger partial charge in [0.05, 0.1) is 18.5 Å². The van der Waals surface area contributed by atoms with Crippen molar-refractivity contribution in [1.29, 1.82) is 0 Å². The number of hydrogen-bond acceptors (Lipinski definition) is 6. The Morgan fingerprint density at radius 1 is 1.18 bits per heavy atom. The monoisotopic (exact) mass is 383 g/mol. The number of aromatic nitrogens is 3. The Bertz CT molecular complexity index is 1130. The van der Waals surface area contributed by atoms with Crippen LogP contribution in [0.25, 0.3) is 10.8 Å². The van der Waals surface area contributed by atoms with Crippen molar-refractivity contribution >= 4 is 22.5 Å². The van der Waals surface area contributed by atoms with Gasteiger partial charge in [0.1, 0.15) is 0 Å². The van der Waals surface area contributed by atoms with Crippen LogP contribution in [0.3, 0.4) is 0 Å². The Morgan fingerprint density at radius 3 is 2.46 bits per heavy atom. The largest absolute Gasteiger partial charge is 0.452 e. The molecule has 0 spiro atoms. The molecular formula is C20H21N3O5. The first-order chi connectivity index (χ1) is 13.3. The van der Waals surface area contributed by atoms with Crippen LogP contribution in [0.5, 0.6) is 0 Å². The van der Waals surface area contributed by atoms with Gasteiger partial charge in [-0.05, 0) is 26.0 Å². The molecule has 0 bridgehead atoms. The molecule has 0 radical (unpaired) electrons. The first-order valence-corrected chi connectivity index (χ1v) is 8.79.